The first kappa shape index (κ1) is 29.6. The molecule has 1 aliphatic carbocycles. The normalized spacial score (nSPS) is 19.2. The van der Waals surface area contributed by atoms with Gasteiger partial charge in [0.15, 0.2) is 11.5 Å². The minimum Gasteiger partial charge on any atom is -0.492 e. The number of likely N-dealkylation sites (N-methyl/N-ethyl adjacent to an activating group) is 1. The molecule has 44 heavy (non-hydrogen) atoms. The van der Waals surface area contributed by atoms with E-state index >= 15 is 0 Å². The topological polar surface area (TPSA) is 117 Å². The molecule has 11 nitrogen and oxygen atoms in total. The van der Waals surface area contributed by atoms with Crippen LogP contribution in [0, 0.1) is 5.82 Å². The first-order valence-electron chi connectivity index (χ1n) is 15.0. The van der Waals surface area contributed by atoms with E-state index in [1.165, 1.54) is 18.3 Å². The summed E-state index contributed by atoms with van der Waals surface area (Å²) in [6.07, 6.45) is 5.18. The third kappa shape index (κ3) is 5.27. The van der Waals surface area contributed by atoms with Crippen molar-refractivity contribution in [3.63, 3.8) is 0 Å². The second-order valence-corrected chi connectivity index (χ2v) is 11.5. The Morgan fingerprint density at radius 3 is 2.64 bits per heavy atom. The van der Waals surface area contributed by atoms with Crippen molar-refractivity contribution in [2.45, 2.75) is 44.7 Å². The molecule has 1 N–H and O–H groups in total. The van der Waals surface area contributed by atoms with Gasteiger partial charge in [-0.1, -0.05) is 5.16 Å². The molecule has 1 unspecified atom stereocenters. The summed E-state index contributed by atoms with van der Waals surface area (Å²) >= 11 is 0. The summed E-state index contributed by atoms with van der Waals surface area (Å²) < 4.78 is 21.9. The predicted octanol–water partition coefficient (Wildman–Crippen LogP) is 3.87. The van der Waals surface area contributed by atoms with Gasteiger partial charge in [-0.3, -0.25) is 14.5 Å². The Labute approximate surface area is 254 Å². The van der Waals surface area contributed by atoms with Gasteiger partial charge in [0, 0.05) is 50.0 Å². The van der Waals surface area contributed by atoms with E-state index < -0.39 is 17.2 Å². The molecule has 1 saturated carbocycles. The van der Waals surface area contributed by atoms with Gasteiger partial charge in [-0.25, -0.2) is 9.18 Å². The molecule has 0 spiro atoms. The van der Waals surface area contributed by atoms with Crippen molar-refractivity contribution >= 4 is 39.9 Å². The minimum absolute atomic E-state index is 0.108. The Morgan fingerprint density at radius 1 is 1.16 bits per heavy atom. The fourth-order valence-corrected chi connectivity index (χ4v) is 6.35. The van der Waals surface area contributed by atoms with E-state index in [4.69, 9.17) is 9.57 Å². The van der Waals surface area contributed by atoms with Crippen molar-refractivity contribution in [2.24, 2.45) is 5.16 Å². The minimum atomic E-state index is -1.24. The molecule has 0 bridgehead atoms. The highest BCUT2D eigenvalue weighted by atomic mass is 19.1. The van der Waals surface area contributed by atoms with Gasteiger partial charge in [-0.2, -0.15) is 0 Å². The highest BCUT2D eigenvalue weighted by molar-refractivity contribution is 6.54. The van der Waals surface area contributed by atoms with Crippen LogP contribution in [-0.2, 0) is 9.63 Å². The Kier molecular flexibility index (Phi) is 8.02. The number of hydrogen-bond acceptors (Lipinski definition) is 8. The van der Waals surface area contributed by atoms with Crippen molar-refractivity contribution in [3.8, 4) is 5.75 Å². The maximum atomic E-state index is 14.0. The highest BCUT2D eigenvalue weighted by Gasteiger charge is 2.36. The number of rotatable bonds is 10. The summed E-state index contributed by atoms with van der Waals surface area (Å²) in [5.41, 5.74) is 1.89. The van der Waals surface area contributed by atoms with Crippen molar-refractivity contribution in [3.05, 3.63) is 63.7 Å². The van der Waals surface area contributed by atoms with Gasteiger partial charge in [0.05, 0.1) is 29.4 Å². The molecule has 12 heteroatoms. The van der Waals surface area contributed by atoms with Gasteiger partial charge < -0.3 is 29.0 Å². The number of pyridine rings is 1. The zero-order valence-corrected chi connectivity index (χ0v) is 25.1. The van der Waals surface area contributed by atoms with Crippen LogP contribution in [0.15, 0.2) is 46.5 Å². The van der Waals surface area contributed by atoms with Gasteiger partial charge in [-0.15, -0.1) is 0 Å². The number of carboxylic acids is 1. The van der Waals surface area contributed by atoms with E-state index in [9.17, 15) is 23.9 Å². The number of halogens is 1. The van der Waals surface area contributed by atoms with E-state index in [1.54, 1.807) is 31.1 Å². The largest absolute Gasteiger partial charge is 0.492 e. The lowest BCUT2D eigenvalue weighted by Gasteiger charge is -2.40. The maximum Gasteiger partial charge on any atom is 0.341 e. The fourth-order valence-electron chi connectivity index (χ4n) is 6.35. The summed E-state index contributed by atoms with van der Waals surface area (Å²) in [6.45, 7) is 4.54. The maximum absolute atomic E-state index is 14.0. The second kappa shape index (κ2) is 11.9. The molecule has 1 atom stereocenters. The monoisotopic (exact) mass is 605 g/mol. The molecule has 2 aliphatic heterocycles. The van der Waals surface area contributed by atoms with E-state index in [0.717, 1.165) is 37.9 Å². The number of nitrogens with zero attached hydrogens (tertiary/aromatic N) is 5. The van der Waals surface area contributed by atoms with Gasteiger partial charge in [0.25, 0.3) is 5.91 Å². The number of hydrogen-bond donors (Lipinski definition) is 1. The van der Waals surface area contributed by atoms with Gasteiger partial charge in [0.1, 0.15) is 18.0 Å². The fraction of sp³-hybridized carbons (Fsp3) is 0.438. The van der Waals surface area contributed by atoms with Crippen LogP contribution in [-0.4, -0.2) is 85.1 Å². The molecule has 0 radical (unpaired) electrons. The standard InChI is InChI=1S/C32H36FN5O6/c1-4-44-34-27-23-16-19(33)7-11-25(23)37(31(27)40)15-14-35(2)21-6-5-13-36(17-21)26-12-10-22-28(30(26)43-3)38(20-8-9-20)18-24(29(22)39)32(41)42/h7,10-12,16,18,20-21H,4-6,8-9,13-15,17H2,1-3H3,(H,41,42)/b34-27+. The zero-order valence-electron chi connectivity index (χ0n) is 25.1. The van der Waals surface area contributed by atoms with Crippen LogP contribution in [0.25, 0.3) is 10.9 Å². The predicted molar refractivity (Wildman–Crippen MR) is 165 cm³/mol. The zero-order chi connectivity index (χ0) is 31.1. The van der Waals surface area contributed by atoms with Crippen LogP contribution in [0.5, 0.6) is 5.75 Å². The van der Waals surface area contributed by atoms with Crippen LogP contribution in [0.3, 0.4) is 0 Å². The Balaban J connectivity index is 1.23. The van der Waals surface area contributed by atoms with Crippen molar-refractivity contribution in [1.29, 1.82) is 0 Å². The van der Waals surface area contributed by atoms with Gasteiger partial charge in [-0.05, 0) is 70.0 Å². The van der Waals surface area contributed by atoms with E-state index in [2.05, 4.69) is 15.0 Å². The molecular weight excluding hydrogens is 569 g/mol. The van der Waals surface area contributed by atoms with Crippen LogP contribution in [0.2, 0.25) is 0 Å². The summed E-state index contributed by atoms with van der Waals surface area (Å²) in [4.78, 5) is 49.4. The van der Waals surface area contributed by atoms with Gasteiger partial charge in [0.2, 0.25) is 5.43 Å². The summed E-state index contributed by atoms with van der Waals surface area (Å²) in [5, 5.41) is 14.0. The molecule has 2 aromatic carbocycles. The lowest BCUT2D eigenvalue weighted by molar-refractivity contribution is -0.112. The number of anilines is 2. The third-order valence-electron chi connectivity index (χ3n) is 8.78. The molecule has 3 aromatic rings. The molecule has 1 saturated heterocycles. The lowest BCUT2D eigenvalue weighted by atomic mass is 10.0. The number of ether oxygens (including phenoxy) is 1. The van der Waals surface area contributed by atoms with Crippen molar-refractivity contribution < 1.29 is 28.7 Å². The molecular formula is C32H36FN5O6. The van der Waals surface area contributed by atoms with Crippen LogP contribution >= 0.6 is 0 Å². The summed E-state index contributed by atoms with van der Waals surface area (Å²) in [6, 6.07) is 8.14. The number of carbonyl (C=O) groups excluding carboxylic acids is 1. The highest BCUT2D eigenvalue weighted by Crippen LogP contribution is 2.43. The number of benzene rings is 2. The number of methoxy groups -OCH3 is 1. The lowest BCUT2D eigenvalue weighted by Crippen LogP contribution is -2.49. The number of carbonyl (C=O) groups is 2. The third-order valence-corrected chi connectivity index (χ3v) is 8.78. The molecule has 232 valence electrons. The Morgan fingerprint density at radius 2 is 1.93 bits per heavy atom. The average molecular weight is 606 g/mol. The number of fused-ring (bicyclic) bond motifs is 2. The molecule has 1 aromatic heterocycles. The van der Waals surface area contributed by atoms with E-state index in [-0.39, 0.29) is 29.3 Å². The Hall–Kier alpha value is -4.45. The van der Waals surface area contributed by atoms with E-state index in [0.29, 0.717) is 54.1 Å². The number of carboxylic acid groups (broad SMARTS) is 1. The first-order chi connectivity index (χ1) is 21.2. The number of amides is 1. The number of oxime groups is 1. The number of piperidine rings is 1. The van der Waals surface area contributed by atoms with Gasteiger partial charge >= 0.3 is 5.97 Å². The van der Waals surface area contributed by atoms with E-state index in [1.807, 2.05) is 17.7 Å². The number of aromatic carboxylic acids is 1. The second-order valence-electron chi connectivity index (χ2n) is 11.5. The average Bonchev–Trinajstić information content (AvgIpc) is 3.83. The molecule has 6 rings (SSSR count). The SMILES string of the molecule is CCO/N=C1/C(=O)N(CCN(C)C2CCCN(c3ccc4c(=O)c(C(=O)O)cn(C5CC5)c4c3OC)C2)c2ccc(F)cc21. The smallest absolute Gasteiger partial charge is 0.341 e. The first-order valence-corrected chi connectivity index (χ1v) is 15.0. The van der Waals surface area contributed by atoms with Crippen molar-refractivity contribution in [2.75, 3.05) is 56.7 Å². The molecule has 3 heterocycles. The van der Waals surface area contributed by atoms with Crippen molar-refractivity contribution in [1.82, 2.24) is 9.47 Å². The molecule has 1 amide bonds. The number of aromatic nitrogens is 1. The van der Waals surface area contributed by atoms with Crippen LogP contribution in [0.4, 0.5) is 15.8 Å². The van der Waals surface area contributed by atoms with Crippen LogP contribution < -0.4 is 20.0 Å². The molecule has 3 aliphatic rings. The van der Waals surface area contributed by atoms with Crippen LogP contribution in [0.1, 0.15) is 54.6 Å². The quantitative estimate of drug-likeness (QED) is 0.347. The molecule has 2 fully saturated rings. The summed E-state index contributed by atoms with van der Waals surface area (Å²) in [5.74, 6) is -1.42. The Bertz CT molecular complexity index is 1720. The summed E-state index contributed by atoms with van der Waals surface area (Å²) in [7, 11) is 3.61.